The van der Waals surface area contributed by atoms with Crippen LogP contribution in [-0.4, -0.2) is 58.8 Å². The van der Waals surface area contributed by atoms with Gasteiger partial charge in [0.2, 0.25) is 0 Å². The van der Waals surface area contributed by atoms with Crippen molar-refractivity contribution in [2.75, 3.05) is 36.4 Å². The lowest BCUT2D eigenvalue weighted by Gasteiger charge is -2.34. The minimum absolute atomic E-state index is 0.225. The van der Waals surface area contributed by atoms with Crippen molar-refractivity contribution < 1.29 is 9.53 Å². The van der Waals surface area contributed by atoms with Gasteiger partial charge in [-0.1, -0.05) is 0 Å². The Labute approximate surface area is 150 Å². The maximum Gasteiger partial charge on any atom is 0.410 e. The molecule has 1 N–H and O–H groups in total. The summed E-state index contributed by atoms with van der Waals surface area (Å²) in [4.78, 5) is 24.8. The SMILES string of the molecule is CCN(CC)c1cc(NC2CCN(C(=O)OC(C)(C)C)CC2)ncn1. The first-order chi connectivity index (χ1) is 11.8. The molecule has 7 heteroatoms. The van der Waals surface area contributed by atoms with Crippen molar-refractivity contribution in [1.82, 2.24) is 14.9 Å². The summed E-state index contributed by atoms with van der Waals surface area (Å²) in [6.07, 6.45) is 3.14. The molecular formula is C18H31N5O2. The first-order valence-electron chi connectivity index (χ1n) is 9.13. The van der Waals surface area contributed by atoms with Crippen LogP contribution in [0.5, 0.6) is 0 Å². The van der Waals surface area contributed by atoms with Crippen molar-refractivity contribution in [3.63, 3.8) is 0 Å². The van der Waals surface area contributed by atoms with Gasteiger partial charge in [-0.3, -0.25) is 0 Å². The van der Waals surface area contributed by atoms with Crippen molar-refractivity contribution in [2.24, 2.45) is 0 Å². The van der Waals surface area contributed by atoms with Crippen LogP contribution in [0.15, 0.2) is 12.4 Å². The van der Waals surface area contributed by atoms with Gasteiger partial charge in [-0.05, 0) is 47.5 Å². The first kappa shape index (κ1) is 19.3. The highest BCUT2D eigenvalue weighted by molar-refractivity contribution is 5.68. The Hall–Kier alpha value is -2.05. The molecule has 1 fully saturated rings. The molecule has 2 heterocycles. The van der Waals surface area contributed by atoms with Crippen LogP contribution in [0.4, 0.5) is 16.4 Å². The highest BCUT2D eigenvalue weighted by Crippen LogP contribution is 2.20. The maximum atomic E-state index is 12.1. The van der Waals surface area contributed by atoms with Gasteiger partial charge < -0.3 is 19.9 Å². The first-order valence-corrected chi connectivity index (χ1v) is 9.13. The second-order valence-electron chi connectivity index (χ2n) is 7.32. The van der Waals surface area contributed by atoms with Gasteiger partial charge in [0.1, 0.15) is 23.6 Å². The summed E-state index contributed by atoms with van der Waals surface area (Å²) in [5.41, 5.74) is -0.450. The molecule has 1 aliphatic rings. The quantitative estimate of drug-likeness (QED) is 0.881. The van der Waals surface area contributed by atoms with Crippen LogP contribution < -0.4 is 10.2 Å². The van der Waals surface area contributed by atoms with Gasteiger partial charge in [0.25, 0.3) is 0 Å². The number of piperidine rings is 1. The molecule has 0 radical (unpaired) electrons. The van der Waals surface area contributed by atoms with E-state index in [0.29, 0.717) is 19.1 Å². The summed E-state index contributed by atoms with van der Waals surface area (Å²) >= 11 is 0. The largest absolute Gasteiger partial charge is 0.444 e. The van der Waals surface area contributed by atoms with Crippen LogP contribution in [-0.2, 0) is 4.74 Å². The van der Waals surface area contributed by atoms with E-state index in [1.807, 2.05) is 26.8 Å². The molecule has 0 aromatic carbocycles. The number of rotatable bonds is 5. The molecule has 0 bridgehead atoms. The average Bonchev–Trinajstić information content (AvgIpc) is 2.55. The van der Waals surface area contributed by atoms with Gasteiger partial charge in [0.05, 0.1) is 0 Å². The fraction of sp³-hybridized carbons (Fsp3) is 0.722. The molecule has 0 atom stereocenters. The Bertz CT molecular complexity index is 561. The minimum atomic E-state index is -0.450. The van der Waals surface area contributed by atoms with Crippen molar-refractivity contribution in [3.8, 4) is 0 Å². The molecule has 1 aromatic rings. The third-order valence-corrected chi connectivity index (χ3v) is 4.24. The molecule has 2 rings (SSSR count). The van der Waals surface area contributed by atoms with Gasteiger partial charge in [-0.15, -0.1) is 0 Å². The molecule has 0 unspecified atom stereocenters. The molecular weight excluding hydrogens is 318 g/mol. The zero-order chi connectivity index (χ0) is 18.4. The lowest BCUT2D eigenvalue weighted by atomic mass is 10.1. The van der Waals surface area contributed by atoms with Gasteiger partial charge in [0, 0.05) is 38.3 Å². The molecule has 1 aliphatic heterocycles. The fourth-order valence-electron chi connectivity index (χ4n) is 2.89. The van der Waals surface area contributed by atoms with Crippen molar-refractivity contribution in [1.29, 1.82) is 0 Å². The van der Waals surface area contributed by atoms with E-state index in [9.17, 15) is 4.79 Å². The number of nitrogens with zero attached hydrogens (tertiary/aromatic N) is 4. The van der Waals surface area contributed by atoms with Gasteiger partial charge >= 0.3 is 6.09 Å². The fourth-order valence-corrected chi connectivity index (χ4v) is 2.89. The van der Waals surface area contributed by atoms with Crippen molar-refractivity contribution >= 4 is 17.7 Å². The molecule has 0 spiro atoms. The third-order valence-electron chi connectivity index (χ3n) is 4.24. The smallest absolute Gasteiger partial charge is 0.410 e. The van der Waals surface area contributed by atoms with Crippen LogP contribution in [0.2, 0.25) is 0 Å². The molecule has 7 nitrogen and oxygen atoms in total. The Balaban J connectivity index is 1.88. The maximum absolute atomic E-state index is 12.1. The second kappa shape index (κ2) is 8.36. The van der Waals surface area contributed by atoms with E-state index in [1.165, 1.54) is 0 Å². The lowest BCUT2D eigenvalue weighted by molar-refractivity contribution is 0.0210. The zero-order valence-electron chi connectivity index (χ0n) is 16.1. The van der Waals surface area contributed by atoms with E-state index in [4.69, 9.17) is 4.74 Å². The highest BCUT2D eigenvalue weighted by Gasteiger charge is 2.27. The summed E-state index contributed by atoms with van der Waals surface area (Å²) in [6, 6.07) is 2.30. The van der Waals surface area contributed by atoms with E-state index >= 15 is 0 Å². The number of hydrogen-bond acceptors (Lipinski definition) is 6. The Morgan fingerprint density at radius 2 is 1.92 bits per heavy atom. The van der Waals surface area contributed by atoms with Gasteiger partial charge in [-0.2, -0.15) is 0 Å². The summed E-state index contributed by atoms with van der Waals surface area (Å²) in [7, 11) is 0. The predicted octanol–water partition coefficient (Wildman–Crippen LogP) is 3.13. The Morgan fingerprint density at radius 3 is 2.48 bits per heavy atom. The molecule has 1 saturated heterocycles. The van der Waals surface area contributed by atoms with Crippen LogP contribution in [0, 0.1) is 0 Å². The molecule has 1 aromatic heterocycles. The van der Waals surface area contributed by atoms with E-state index < -0.39 is 5.60 Å². The van der Waals surface area contributed by atoms with E-state index in [2.05, 4.69) is 34.0 Å². The number of aromatic nitrogens is 2. The summed E-state index contributed by atoms with van der Waals surface area (Å²) in [6.45, 7) is 13.1. The summed E-state index contributed by atoms with van der Waals surface area (Å²) < 4.78 is 5.44. The monoisotopic (exact) mass is 349 g/mol. The van der Waals surface area contributed by atoms with Crippen LogP contribution in [0.1, 0.15) is 47.5 Å². The summed E-state index contributed by atoms with van der Waals surface area (Å²) in [5, 5.41) is 3.48. The normalized spacial score (nSPS) is 15.8. The molecule has 0 aliphatic carbocycles. The van der Waals surface area contributed by atoms with Crippen LogP contribution in [0.3, 0.4) is 0 Å². The zero-order valence-corrected chi connectivity index (χ0v) is 16.1. The molecule has 25 heavy (non-hydrogen) atoms. The number of carbonyl (C=O) groups excluding carboxylic acids is 1. The Morgan fingerprint density at radius 1 is 1.28 bits per heavy atom. The standard InChI is InChI=1S/C18H31N5O2/c1-6-22(7-2)16-12-15(19-13-20-16)21-14-8-10-23(11-9-14)17(24)25-18(3,4)5/h12-14H,6-11H2,1-5H3,(H,19,20,21). The minimum Gasteiger partial charge on any atom is -0.444 e. The number of likely N-dealkylation sites (tertiary alicyclic amines) is 1. The number of nitrogens with one attached hydrogen (secondary N) is 1. The van der Waals surface area contributed by atoms with Gasteiger partial charge in [-0.25, -0.2) is 14.8 Å². The van der Waals surface area contributed by atoms with Crippen molar-refractivity contribution in [3.05, 3.63) is 12.4 Å². The number of carbonyl (C=O) groups is 1. The average molecular weight is 349 g/mol. The van der Waals surface area contributed by atoms with Gasteiger partial charge in [0.15, 0.2) is 0 Å². The number of anilines is 2. The molecule has 1 amide bonds. The van der Waals surface area contributed by atoms with E-state index in [-0.39, 0.29) is 6.09 Å². The van der Waals surface area contributed by atoms with E-state index in [0.717, 1.165) is 37.6 Å². The number of amides is 1. The number of ether oxygens (including phenoxy) is 1. The number of hydrogen-bond donors (Lipinski definition) is 1. The highest BCUT2D eigenvalue weighted by atomic mass is 16.6. The second-order valence-corrected chi connectivity index (χ2v) is 7.32. The lowest BCUT2D eigenvalue weighted by Crippen LogP contribution is -2.44. The topological polar surface area (TPSA) is 70.6 Å². The Kier molecular flexibility index (Phi) is 6.45. The third kappa shape index (κ3) is 5.76. The van der Waals surface area contributed by atoms with Crippen LogP contribution >= 0.6 is 0 Å². The van der Waals surface area contributed by atoms with Crippen LogP contribution in [0.25, 0.3) is 0 Å². The summed E-state index contributed by atoms with van der Waals surface area (Å²) in [5.74, 6) is 1.78. The molecule has 140 valence electrons. The predicted molar refractivity (Wildman–Crippen MR) is 100 cm³/mol. The van der Waals surface area contributed by atoms with Crippen molar-refractivity contribution in [2.45, 2.75) is 59.1 Å². The molecule has 0 saturated carbocycles. The van der Waals surface area contributed by atoms with E-state index in [1.54, 1.807) is 11.2 Å².